The molecule has 182 valence electrons. The molecule has 2 heterocycles. The van der Waals surface area contributed by atoms with Gasteiger partial charge in [0.05, 0.1) is 18.8 Å². The molecule has 1 aliphatic heterocycles. The van der Waals surface area contributed by atoms with Gasteiger partial charge in [-0.3, -0.25) is 19.2 Å². The zero-order valence-electron chi connectivity index (χ0n) is 18.5. The molecule has 1 aromatic rings. The van der Waals surface area contributed by atoms with Crippen LogP contribution in [-0.4, -0.2) is 85.5 Å². The summed E-state index contributed by atoms with van der Waals surface area (Å²) < 4.78 is 0. The van der Waals surface area contributed by atoms with Gasteiger partial charge >= 0.3 is 11.9 Å². The molecule has 4 atom stereocenters. The number of imidazole rings is 1. The number of carbonyl (C=O) groups excluding carboxylic acids is 3. The lowest BCUT2D eigenvalue weighted by Crippen LogP contribution is -2.57. The van der Waals surface area contributed by atoms with E-state index in [9.17, 15) is 29.1 Å². The highest BCUT2D eigenvalue weighted by Gasteiger charge is 2.38. The second kappa shape index (κ2) is 11.4. The number of nitrogens with two attached hydrogens (primary N) is 1. The number of amides is 3. The number of carboxylic acids is 2. The number of aliphatic carboxylic acids is 2. The first-order chi connectivity index (χ1) is 15.5. The average molecular weight is 466 g/mol. The van der Waals surface area contributed by atoms with Crippen molar-refractivity contribution in [2.75, 3.05) is 6.54 Å². The van der Waals surface area contributed by atoms with E-state index in [0.717, 1.165) is 0 Å². The summed E-state index contributed by atoms with van der Waals surface area (Å²) in [6.07, 6.45) is 2.91. The molecule has 0 spiro atoms. The molecule has 0 aliphatic carbocycles. The summed E-state index contributed by atoms with van der Waals surface area (Å²) >= 11 is 0. The first-order valence-corrected chi connectivity index (χ1v) is 10.6. The lowest BCUT2D eigenvalue weighted by atomic mass is 10.0. The van der Waals surface area contributed by atoms with Crippen molar-refractivity contribution in [1.82, 2.24) is 25.5 Å². The van der Waals surface area contributed by atoms with E-state index in [2.05, 4.69) is 20.6 Å². The molecule has 33 heavy (non-hydrogen) atoms. The summed E-state index contributed by atoms with van der Waals surface area (Å²) in [6, 6.07) is -4.50. The van der Waals surface area contributed by atoms with E-state index < -0.39 is 54.3 Å². The summed E-state index contributed by atoms with van der Waals surface area (Å²) in [5, 5.41) is 22.8. The van der Waals surface area contributed by atoms with Crippen LogP contribution in [0.4, 0.5) is 0 Å². The molecule has 0 bridgehead atoms. The van der Waals surface area contributed by atoms with Crippen LogP contribution in [0.2, 0.25) is 0 Å². The van der Waals surface area contributed by atoms with Gasteiger partial charge in [0.25, 0.3) is 0 Å². The molecule has 0 aromatic carbocycles. The van der Waals surface area contributed by atoms with Crippen molar-refractivity contribution < 1.29 is 34.2 Å². The molecule has 1 saturated heterocycles. The van der Waals surface area contributed by atoms with Gasteiger partial charge in [-0.25, -0.2) is 9.78 Å². The highest BCUT2D eigenvalue weighted by molar-refractivity contribution is 5.95. The number of likely N-dealkylation sites (tertiary alicyclic amines) is 1. The molecule has 13 heteroatoms. The predicted molar refractivity (Wildman–Crippen MR) is 114 cm³/mol. The monoisotopic (exact) mass is 466 g/mol. The van der Waals surface area contributed by atoms with Crippen LogP contribution < -0.4 is 16.4 Å². The Hall–Kier alpha value is -3.48. The standard InChI is InChI=1S/C20H30N6O7/c1-10(2)16(21)19(31)26-5-3-4-14(26)18(30)24-12(6-11-8-22-9-23-11)17(29)25-13(20(32)33)7-15(27)28/h8-10,12-14,16H,3-7,21H2,1-2H3,(H,22,23)(H,24,30)(H,25,29)(H,27,28)(H,32,33). The van der Waals surface area contributed by atoms with Gasteiger partial charge in [0, 0.05) is 24.9 Å². The third-order valence-corrected chi connectivity index (χ3v) is 5.45. The Kier molecular flexibility index (Phi) is 8.91. The number of nitrogens with one attached hydrogen (secondary N) is 3. The van der Waals surface area contributed by atoms with Crippen LogP contribution in [0.1, 0.15) is 38.8 Å². The fourth-order valence-corrected chi connectivity index (χ4v) is 3.52. The molecule has 7 N–H and O–H groups in total. The summed E-state index contributed by atoms with van der Waals surface area (Å²) in [4.78, 5) is 68.9. The number of carboxylic acid groups (broad SMARTS) is 2. The Balaban J connectivity index is 2.17. The van der Waals surface area contributed by atoms with Crippen LogP contribution in [0, 0.1) is 5.92 Å². The molecule has 0 saturated carbocycles. The molecular weight excluding hydrogens is 436 g/mol. The van der Waals surface area contributed by atoms with Crippen LogP contribution in [0.15, 0.2) is 12.5 Å². The van der Waals surface area contributed by atoms with Crippen molar-refractivity contribution >= 4 is 29.7 Å². The molecule has 3 amide bonds. The number of H-pyrrole nitrogens is 1. The Morgan fingerprint density at radius 3 is 2.45 bits per heavy atom. The van der Waals surface area contributed by atoms with Crippen molar-refractivity contribution in [1.29, 1.82) is 0 Å². The average Bonchev–Trinajstić information content (AvgIpc) is 3.43. The summed E-state index contributed by atoms with van der Waals surface area (Å²) in [7, 11) is 0. The second-order valence-corrected chi connectivity index (χ2v) is 8.30. The van der Waals surface area contributed by atoms with Gasteiger partial charge in [0.2, 0.25) is 17.7 Å². The van der Waals surface area contributed by atoms with Crippen molar-refractivity contribution in [3.05, 3.63) is 18.2 Å². The minimum atomic E-state index is -1.68. The maximum atomic E-state index is 13.0. The lowest BCUT2D eigenvalue weighted by Gasteiger charge is -2.29. The number of aromatic amines is 1. The zero-order valence-corrected chi connectivity index (χ0v) is 18.5. The lowest BCUT2D eigenvalue weighted by molar-refractivity contribution is -0.147. The normalized spacial score (nSPS) is 18.4. The van der Waals surface area contributed by atoms with E-state index in [1.807, 2.05) is 0 Å². The van der Waals surface area contributed by atoms with E-state index in [1.54, 1.807) is 13.8 Å². The van der Waals surface area contributed by atoms with Gasteiger partial charge in [-0.2, -0.15) is 0 Å². The van der Waals surface area contributed by atoms with E-state index >= 15 is 0 Å². The predicted octanol–water partition coefficient (Wildman–Crippen LogP) is -1.54. The zero-order chi connectivity index (χ0) is 24.7. The van der Waals surface area contributed by atoms with E-state index in [1.165, 1.54) is 17.4 Å². The first kappa shape index (κ1) is 25.8. The van der Waals surface area contributed by atoms with E-state index in [0.29, 0.717) is 25.1 Å². The number of nitrogens with zero attached hydrogens (tertiary/aromatic N) is 2. The summed E-state index contributed by atoms with van der Waals surface area (Å²) in [5.41, 5.74) is 6.45. The number of rotatable bonds is 11. The van der Waals surface area contributed by atoms with Crippen LogP contribution in [0.3, 0.4) is 0 Å². The quantitative estimate of drug-likeness (QED) is 0.223. The smallest absolute Gasteiger partial charge is 0.326 e. The number of aromatic nitrogens is 2. The molecule has 1 aliphatic rings. The molecule has 4 unspecified atom stereocenters. The van der Waals surface area contributed by atoms with Gasteiger partial charge in [-0.05, 0) is 18.8 Å². The number of hydrogen-bond donors (Lipinski definition) is 6. The fraction of sp³-hybridized carbons (Fsp3) is 0.600. The summed E-state index contributed by atoms with van der Waals surface area (Å²) in [5.74, 6) is -4.86. The fourth-order valence-electron chi connectivity index (χ4n) is 3.52. The molecular formula is C20H30N6O7. The molecule has 0 radical (unpaired) electrons. The maximum absolute atomic E-state index is 13.0. The Morgan fingerprint density at radius 1 is 1.21 bits per heavy atom. The second-order valence-electron chi connectivity index (χ2n) is 8.30. The maximum Gasteiger partial charge on any atom is 0.326 e. The van der Waals surface area contributed by atoms with Crippen LogP contribution in [-0.2, 0) is 30.4 Å². The minimum absolute atomic E-state index is 0.0524. The largest absolute Gasteiger partial charge is 0.481 e. The molecule has 1 aromatic heterocycles. The Bertz CT molecular complexity index is 872. The van der Waals surface area contributed by atoms with Crippen molar-refractivity contribution in [3.8, 4) is 0 Å². The van der Waals surface area contributed by atoms with Crippen molar-refractivity contribution in [3.63, 3.8) is 0 Å². The van der Waals surface area contributed by atoms with Gasteiger partial charge in [-0.15, -0.1) is 0 Å². The third-order valence-electron chi connectivity index (χ3n) is 5.45. The SMILES string of the molecule is CC(C)C(N)C(=O)N1CCCC1C(=O)NC(Cc1cnc[nH]1)C(=O)NC(CC(=O)O)C(=O)O. The van der Waals surface area contributed by atoms with Crippen molar-refractivity contribution in [2.24, 2.45) is 11.7 Å². The van der Waals surface area contributed by atoms with Gasteiger partial charge in [0.1, 0.15) is 18.1 Å². The third kappa shape index (κ3) is 7.00. The Morgan fingerprint density at radius 2 is 1.91 bits per heavy atom. The van der Waals surface area contributed by atoms with Gasteiger partial charge in [-0.1, -0.05) is 13.8 Å². The molecule has 1 fully saturated rings. The minimum Gasteiger partial charge on any atom is -0.481 e. The van der Waals surface area contributed by atoms with Gasteiger partial charge < -0.3 is 36.5 Å². The van der Waals surface area contributed by atoms with Crippen LogP contribution >= 0.6 is 0 Å². The Labute approximate surface area is 190 Å². The van der Waals surface area contributed by atoms with Crippen molar-refractivity contribution in [2.45, 2.75) is 63.7 Å². The highest BCUT2D eigenvalue weighted by atomic mass is 16.4. The van der Waals surface area contributed by atoms with Crippen LogP contribution in [0.25, 0.3) is 0 Å². The summed E-state index contributed by atoms with van der Waals surface area (Å²) in [6.45, 7) is 3.96. The molecule has 2 rings (SSSR count). The first-order valence-electron chi connectivity index (χ1n) is 10.6. The topological polar surface area (TPSA) is 208 Å². The van der Waals surface area contributed by atoms with E-state index in [-0.39, 0.29) is 18.2 Å². The van der Waals surface area contributed by atoms with Gasteiger partial charge in [0.15, 0.2) is 0 Å². The molecule has 13 nitrogen and oxygen atoms in total. The number of hydrogen-bond acceptors (Lipinski definition) is 7. The highest BCUT2D eigenvalue weighted by Crippen LogP contribution is 2.20. The van der Waals surface area contributed by atoms with Crippen LogP contribution in [0.5, 0.6) is 0 Å². The van der Waals surface area contributed by atoms with E-state index in [4.69, 9.17) is 10.8 Å². The number of carbonyl (C=O) groups is 5.